The molecule has 0 saturated carbocycles. The largest absolute Gasteiger partial charge is 0.372 e. The highest BCUT2D eigenvalue weighted by atomic mass is 32.2. The number of hydrogen-bond acceptors (Lipinski definition) is 5. The van der Waals surface area contributed by atoms with Crippen molar-refractivity contribution in [2.24, 2.45) is 0 Å². The SMILES string of the molecule is CCN(CC)c1ccc(N(CC(=O)NCc2ccccn2)S(C)(=O)=O)cc1. The van der Waals surface area contributed by atoms with Crippen molar-refractivity contribution in [1.29, 1.82) is 0 Å². The molecule has 0 unspecified atom stereocenters. The highest BCUT2D eigenvalue weighted by molar-refractivity contribution is 7.92. The van der Waals surface area contributed by atoms with Gasteiger partial charge < -0.3 is 10.2 Å². The van der Waals surface area contributed by atoms with Crippen LogP contribution in [0.1, 0.15) is 19.5 Å². The highest BCUT2D eigenvalue weighted by Gasteiger charge is 2.21. The van der Waals surface area contributed by atoms with Crippen LogP contribution in [0.15, 0.2) is 48.7 Å². The van der Waals surface area contributed by atoms with E-state index in [1.165, 1.54) is 0 Å². The van der Waals surface area contributed by atoms with Gasteiger partial charge in [-0.15, -0.1) is 0 Å². The fourth-order valence-electron chi connectivity index (χ4n) is 2.70. The second kappa shape index (κ2) is 9.36. The first-order valence-electron chi connectivity index (χ1n) is 8.84. The Bertz CT molecular complexity index is 835. The number of nitrogens with one attached hydrogen (secondary N) is 1. The molecule has 0 atom stereocenters. The zero-order valence-corrected chi connectivity index (χ0v) is 16.7. The minimum atomic E-state index is -3.60. The first-order chi connectivity index (χ1) is 12.8. The molecule has 7 nitrogen and oxygen atoms in total. The van der Waals surface area contributed by atoms with Gasteiger partial charge in [0.25, 0.3) is 0 Å². The van der Waals surface area contributed by atoms with Gasteiger partial charge in [0, 0.05) is 25.0 Å². The van der Waals surface area contributed by atoms with Gasteiger partial charge in [-0.1, -0.05) is 6.07 Å². The molecule has 1 N–H and O–H groups in total. The number of rotatable bonds is 9. The lowest BCUT2D eigenvalue weighted by Crippen LogP contribution is -2.40. The maximum atomic E-state index is 12.3. The van der Waals surface area contributed by atoms with E-state index < -0.39 is 10.0 Å². The first kappa shape index (κ1) is 20.7. The van der Waals surface area contributed by atoms with Crippen molar-refractivity contribution in [3.8, 4) is 0 Å². The van der Waals surface area contributed by atoms with E-state index in [9.17, 15) is 13.2 Å². The lowest BCUT2D eigenvalue weighted by atomic mass is 10.2. The Morgan fingerprint density at radius 2 is 1.67 bits per heavy atom. The minimum absolute atomic E-state index is 0.248. The molecule has 2 rings (SSSR count). The topological polar surface area (TPSA) is 82.6 Å². The number of hydrogen-bond donors (Lipinski definition) is 1. The maximum Gasteiger partial charge on any atom is 0.241 e. The third kappa shape index (κ3) is 5.96. The second-order valence-corrected chi connectivity index (χ2v) is 7.96. The third-order valence-electron chi connectivity index (χ3n) is 4.15. The maximum absolute atomic E-state index is 12.3. The van der Waals surface area contributed by atoms with Crippen molar-refractivity contribution in [2.45, 2.75) is 20.4 Å². The van der Waals surface area contributed by atoms with E-state index in [1.54, 1.807) is 30.5 Å². The Hall–Kier alpha value is -2.61. The molecule has 1 heterocycles. The number of carbonyl (C=O) groups excluding carboxylic acids is 1. The molecule has 0 aliphatic carbocycles. The average Bonchev–Trinajstić information content (AvgIpc) is 2.66. The number of amides is 1. The summed E-state index contributed by atoms with van der Waals surface area (Å²) >= 11 is 0. The second-order valence-electron chi connectivity index (χ2n) is 6.06. The van der Waals surface area contributed by atoms with Crippen LogP contribution >= 0.6 is 0 Å². The molecule has 0 saturated heterocycles. The molecule has 0 fully saturated rings. The predicted octanol–water partition coefficient (Wildman–Crippen LogP) is 2.01. The Kier molecular flexibility index (Phi) is 7.18. The van der Waals surface area contributed by atoms with Gasteiger partial charge in [0.2, 0.25) is 15.9 Å². The normalized spacial score (nSPS) is 11.1. The number of anilines is 2. The van der Waals surface area contributed by atoms with Crippen LogP contribution < -0.4 is 14.5 Å². The van der Waals surface area contributed by atoms with Crippen LogP contribution in [-0.2, 0) is 21.4 Å². The van der Waals surface area contributed by atoms with Gasteiger partial charge in [-0.3, -0.25) is 14.1 Å². The van der Waals surface area contributed by atoms with E-state index in [4.69, 9.17) is 0 Å². The standard InChI is InChI=1S/C19H26N4O3S/c1-4-22(5-2)17-9-11-18(12-10-17)23(27(3,25)26)15-19(24)21-14-16-8-6-7-13-20-16/h6-13H,4-5,14-15H2,1-3H3,(H,21,24). The molecule has 0 spiro atoms. The van der Waals surface area contributed by atoms with Gasteiger partial charge in [-0.2, -0.15) is 0 Å². The van der Waals surface area contributed by atoms with Gasteiger partial charge in [0.05, 0.1) is 24.2 Å². The molecule has 1 aromatic carbocycles. The van der Waals surface area contributed by atoms with E-state index >= 15 is 0 Å². The van der Waals surface area contributed by atoms with Crippen LogP contribution in [0.3, 0.4) is 0 Å². The van der Waals surface area contributed by atoms with Gasteiger partial charge in [0.1, 0.15) is 6.54 Å². The van der Waals surface area contributed by atoms with Crippen molar-refractivity contribution in [3.05, 3.63) is 54.4 Å². The number of benzene rings is 1. The summed E-state index contributed by atoms with van der Waals surface area (Å²) in [6, 6.07) is 12.6. The zero-order valence-electron chi connectivity index (χ0n) is 15.9. The molecule has 0 aliphatic rings. The summed E-state index contributed by atoms with van der Waals surface area (Å²) < 4.78 is 25.5. The molecule has 0 bridgehead atoms. The minimum Gasteiger partial charge on any atom is -0.372 e. The number of carbonyl (C=O) groups is 1. The van der Waals surface area contributed by atoms with Gasteiger partial charge in [-0.25, -0.2) is 8.42 Å². The molecule has 0 radical (unpaired) electrons. The van der Waals surface area contributed by atoms with E-state index in [1.807, 2.05) is 18.2 Å². The van der Waals surface area contributed by atoms with Crippen molar-refractivity contribution in [1.82, 2.24) is 10.3 Å². The summed E-state index contributed by atoms with van der Waals surface area (Å²) in [6.45, 7) is 5.82. The number of nitrogens with zero attached hydrogens (tertiary/aromatic N) is 3. The van der Waals surface area contributed by atoms with Crippen LogP contribution in [0.25, 0.3) is 0 Å². The first-order valence-corrected chi connectivity index (χ1v) is 10.7. The summed E-state index contributed by atoms with van der Waals surface area (Å²) in [5.74, 6) is -0.390. The number of aromatic nitrogens is 1. The lowest BCUT2D eigenvalue weighted by molar-refractivity contribution is -0.119. The van der Waals surface area contributed by atoms with Gasteiger partial charge >= 0.3 is 0 Å². The van der Waals surface area contributed by atoms with Crippen LogP contribution in [-0.4, -0.2) is 45.2 Å². The Balaban J connectivity index is 2.10. The molecule has 146 valence electrons. The van der Waals surface area contributed by atoms with Gasteiger partial charge in [0.15, 0.2) is 0 Å². The molecule has 8 heteroatoms. The van der Waals surface area contributed by atoms with E-state index in [0.29, 0.717) is 11.4 Å². The third-order valence-corrected chi connectivity index (χ3v) is 5.29. The van der Waals surface area contributed by atoms with Crippen LogP contribution in [0.2, 0.25) is 0 Å². The van der Waals surface area contributed by atoms with Gasteiger partial charge in [-0.05, 0) is 50.2 Å². The predicted molar refractivity (Wildman–Crippen MR) is 108 cm³/mol. The summed E-state index contributed by atoms with van der Waals surface area (Å²) in [4.78, 5) is 18.6. The molecule has 1 aromatic heterocycles. The quantitative estimate of drug-likeness (QED) is 0.708. The summed E-state index contributed by atoms with van der Waals surface area (Å²) in [7, 11) is -3.60. The van der Waals surface area contributed by atoms with E-state index in [2.05, 4.69) is 29.0 Å². The molecule has 0 aliphatic heterocycles. The summed E-state index contributed by atoms with van der Waals surface area (Å²) in [6.07, 6.45) is 2.74. The van der Waals surface area contributed by atoms with Crippen LogP contribution in [0.5, 0.6) is 0 Å². The molecular formula is C19H26N4O3S. The summed E-state index contributed by atoms with van der Waals surface area (Å²) in [5, 5.41) is 2.70. The number of sulfonamides is 1. The highest BCUT2D eigenvalue weighted by Crippen LogP contribution is 2.22. The Morgan fingerprint density at radius 3 is 2.19 bits per heavy atom. The molecule has 2 aromatic rings. The van der Waals surface area contributed by atoms with Crippen molar-refractivity contribution < 1.29 is 13.2 Å². The summed E-state index contributed by atoms with van der Waals surface area (Å²) in [5.41, 5.74) is 2.18. The van der Waals surface area contributed by atoms with Crippen molar-refractivity contribution >= 4 is 27.3 Å². The Labute approximate surface area is 161 Å². The lowest BCUT2D eigenvalue weighted by Gasteiger charge is -2.24. The van der Waals surface area contributed by atoms with Crippen molar-refractivity contribution in [2.75, 3.05) is 35.1 Å². The van der Waals surface area contributed by atoms with Crippen molar-refractivity contribution in [3.63, 3.8) is 0 Å². The van der Waals surface area contributed by atoms with Crippen LogP contribution in [0.4, 0.5) is 11.4 Å². The number of pyridine rings is 1. The van der Waals surface area contributed by atoms with E-state index in [-0.39, 0.29) is 19.0 Å². The Morgan fingerprint density at radius 1 is 1.04 bits per heavy atom. The average molecular weight is 391 g/mol. The molecular weight excluding hydrogens is 364 g/mol. The zero-order chi connectivity index (χ0) is 19.9. The fourth-order valence-corrected chi connectivity index (χ4v) is 3.55. The smallest absolute Gasteiger partial charge is 0.241 e. The molecule has 27 heavy (non-hydrogen) atoms. The van der Waals surface area contributed by atoms with E-state index in [0.717, 1.165) is 29.3 Å². The van der Waals surface area contributed by atoms with Crippen LogP contribution in [0, 0.1) is 0 Å². The fraction of sp³-hybridized carbons (Fsp3) is 0.368. The monoisotopic (exact) mass is 390 g/mol. The molecule has 1 amide bonds.